The monoisotopic (exact) mass is 424 g/mol. The van der Waals surface area contributed by atoms with E-state index in [0.29, 0.717) is 28.9 Å². The first-order chi connectivity index (χ1) is 14.8. The van der Waals surface area contributed by atoms with E-state index in [1.54, 1.807) is 26.0 Å². The van der Waals surface area contributed by atoms with Crippen LogP contribution in [-0.4, -0.2) is 33.4 Å². The number of fused-ring (bicyclic) bond motifs is 1. The maximum absolute atomic E-state index is 15.0. The number of carbonyl (C=O) groups excluding carboxylic acids is 1. The van der Waals surface area contributed by atoms with E-state index in [9.17, 15) is 9.18 Å². The van der Waals surface area contributed by atoms with Crippen molar-refractivity contribution < 1.29 is 13.6 Å². The minimum Gasteiger partial charge on any atom is -0.390 e. The van der Waals surface area contributed by atoms with Crippen LogP contribution >= 0.6 is 0 Å². The summed E-state index contributed by atoms with van der Waals surface area (Å²) in [6, 6.07) is 5.84. The molecule has 0 spiro atoms. The van der Waals surface area contributed by atoms with E-state index in [-0.39, 0.29) is 28.6 Å². The van der Waals surface area contributed by atoms with Crippen LogP contribution in [0, 0.1) is 19.7 Å². The Labute approximate surface area is 178 Å². The van der Waals surface area contributed by atoms with E-state index in [1.807, 2.05) is 18.4 Å². The van der Waals surface area contributed by atoms with Crippen molar-refractivity contribution in [2.75, 3.05) is 0 Å². The van der Waals surface area contributed by atoms with Gasteiger partial charge in [-0.15, -0.1) is 0 Å². The zero-order valence-electron chi connectivity index (χ0n) is 17.6. The molecule has 0 radical (unpaired) electrons. The van der Waals surface area contributed by atoms with Crippen molar-refractivity contribution in [1.82, 2.24) is 14.5 Å². The number of rotatable bonds is 6. The molecule has 0 atom stereocenters. The Balaban J connectivity index is 2.11. The highest BCUT2D eigenvalue weighted by Crippen LogP contribution is 2.29. The zero-order chi connectivity index (χ0) is 22.7. The van der Waals surface area contributed by atoms with Crippen LogP contribution in [0.25, 0.3) is 16.7 Å². The van der Waals surface area contributed by atoms with Crippen LogP contribution in [0.4, 0.5) is 14.6 Å². The largest absolute Gasteiger partial charge is 0.390 e. The van der Waals surface area contributed by atoms with Gasteiger partial charge in [0.1, 0.15) is 17.0 Å². The van der Waals surface area contributed by atoms with Crippen LogP contribution in [0.2, 0.25) is 0 Å². The van der Waals surface area contributed by atoms with Gasteiger partial charge in [-0.05, 0) is 52.0 Å². The molecule has 31 heavy (non-hydrogen) atoms. The van der Waals surface area contributed by atoms with Crippen LogP contribution in [0.15, 0.2) is 40.1 Å². The summed E-state index contributed by atoms with van der Waals surface area (Å²) in [5.74, 6) is -0.557. The van der Waals surface area contributed by atoms with Gasteiger partial charge in [-0.1, -0.05) is 0 Å². The molecule has 9 heteroatoms. The van der Waals surface area contributed by atoms with Crippen molar-refractivity contribution in [3.8, 4) is 0 Å². The number of allylic oxidation sites excluding steroid dienone is 1. The Morgan fingerprint density at radius 2 is 1.97 bits per heavy atom. The predicted octanol–water partition coefficient (Wildman–Crippen LogP) is 4.61. The van der Waals surface area contributed by atoms with Crippen molar-refractivity contribution in [1.29, 1.82) is 0 Å². The number of aromatic nitrogens is 3. The molecule has 0 aliphatic heterocycles. The van der Waals surface area contributed by atoms with Crippen molar-refractivity contribution in [3.63, 3.8) is 0 Å². The quantitative estimate of drug-likeness (QED) is 0.355. The highest BCUT2D eigenvalue weighted by Gasteiger charge is 2.17. The van der Waals surface area contributed by atoms with Gasteiger partial charge in [0.2, 0.25) is 0 Å². The number of aryl methyl sites for hydroxylation is 2. The minimum absolute atomic E-state index is 0.0279. The Morgan fingerprint density at radius 3 is 2.58 bits per heavy atom. The van der Waals surface area contributed by atoms with Gasteiger partial charge in [-0.25, -0.2) is 28.7 Å². The Kier molecular flexibility index (Phi) is 6.33. The summed E-state index contributed by atoms with van der Waals surface area (Å²) in [6.07, 6.45) is 2.54. The molecule has 2 aromatic heterocycles. The fourth-order valence-electron chi connectivity index (χ4n) is 3.35. The molecule has 3 aromatic rings. The molecule has 160 valence electrons. The number of benzene rings is 1. The number of halogens is 2. The number of carbonyl (C=O) groups is 1. The minimum atomic E-state index is -0.827. The molecule has 0 amide bonds. The maximum atomic E-state index is 15.0. The van der Waals surface area contributed by atoms with Gasteiger partial charge in [0, 0.05) is 17.2 Å². The number of aliphatic imine (C=N–C) groups is 2. The standard InChI is InChI=1S/C22H22F2N6O/c1-12(2)30-14(4)29-22-17(23)7-16(8-19(22)30)21(27-11-25)18(24)9-26-20-6-5-15(10-31)13(3)28-20/h5-12H,1-4H3,(H2,25,27)/b21-18+,26-9-. The number of nitrogens with zero attached hydrogens (tertiary/aromatic N) is 5. The summed E-state index contributed by atoms with van der Waals surface area (Å²) in [7, 11) is 0. The molecular formula is C22H22F2N6O. The zero-order valence-corrected chi connectivity index (χ0v) is 17.6. The van der Waals surface area contributed by atoms with Crippen LogP contribution in [0.3, 0.4) is 0 Å². The molecule has 1 aromatic carbocycles. The lowest BCUT2D eigenvalue weighted by Gasteiger charge is -2.12. The summed E-state index contributed by atoms with van der Waals surface area (Å²) in [6.45, 7) is 7.33. The molecular weight excluding hydrogens is 402 g/mol. The van der Waals surface area contributed by atoms with Crippen molar-refractivity contribution in [3.05, 3.63) is 58.6 Å². The van der Waals surface area contributed by atoms with Gasteiger partial charge < -0.3 is 10.3 Å². The van der Waals surface area contributed by atoms with E-state index < -0.39 is 11.6 Å². The fourth-order valence-corrected chi connectivity index (χ4v) is 3.35. The number of pyridine rings is 1. The Bertz CT molecular complexity index is 1240. The highest BCUT2D eigenvalue weighted by molar-refractivity contribution is 5.93. The van der Waals surface area contributed by atoms with Gasteiger partial charge in [0.05, 0.1) is 23.8 Å². The molecule has 0 unspecified atom stereocenters. The summed E-state index contributed by atoms with van der Waals surface area (Å²) >= 11 is 0. The Morgan fingerprint density at radius 1 is 1.23 bits per heavy atom. The lowest BCUT2D eigenvalue weighted by atomic mass is 10.1. The molecule has 0 aliphatic rings. The van der Waals surface area contributed by atoms with Crippen molar-refractivity contribution in [2.45, 2.75) is 33.7 Å². The second-order valence-electron chi connectivity index (χ2n) is 7.14. The molecule has 0 saturated carbocycles. The van der Waals surface area contributed by atoms with E-state index in [4.69, 9.17) is 5.73 Å². The molecule has 0 bridgehead atoms. The third-order valence-electron chi connectivity index (χ3n) is 4.69. The van der Waals surface area contributed by atoms with E-state index in [0.717, 1.165) is 18.6 Å². The molecule has 0 aliphatic carbocycles. The summed E-state index contributed by atoms with van der Waals surface area (Å²) in [4.78, 5) is 27.2. The lowest BCUT2D eigenvalue weighted by molar-refractivity contribution is 0.112. The summed E-state index contributed by atoms with van der Waals surface area (Å²) < 4.78 is 31.6. The summed E-state index contributed by atoms with van der Waals surface area (Å²) in [5.41, 5.74) is 7.04. The molecule has 2 N–H and O–H groups in total. The first kappa shape index (κ1) is 21.9. The van der Waals surface area contributed by atoms with E-state index in [1.165, 1.54) is 6.07 Å². The number of nitrogens with two attached hydrogens (primary N) is 1. The maximum Gasteiger partial charge on any atom is 0.167 e. The normalized spacial score (nSPS) is 13.0. The average Bonchev–Trinajstić information content (AvgIpc) is 3.07. The topological polar surface area (TPSA) is 98.5 Å². The van der Waals surface area contributed by atoms with Crippen LogP contribution in [-0.2, 0) is 0 Å². The second-order valence-corrected chi connectivity index (χ2v) is 7.14. The third-order valence-corrected chi connectivity index (χ3v) is 4.69. The first-order valence-electron chi connectivity index (χ1n) is 9.56. The lowest BCUT2D eigenvalue weighted by Crippen LogP contribution is -2.03. The van der Waals surface area contributed by atoms with Crippen LogP contribution in [0.1, 0.15) is 47.3 Å². The number of hydrogen-bond donors (Lipinski definition) is 1. The van der Waals surface area contributed by atoms with Gasteiger partial charge in [-0.3, -0.25) is 4.79 Å². The molecule has 2 heterocycles. The third kappa shape index (κ3) is 4.40. The number of imidazole rings is 1. The van der Waals surface area contributed by atoms with Gasteiger partial charge in [-0.2, -0.15) is 0 Å². The SMILES string of the molecule is Cc1nc(\N=C/C(F)=C(\N=C\N)c2cc(F)c3nc(C)n(C(C)C)c3c2)ccc1C=O. The molecule has 0 saturated heterocycles. The molecule has 0 fully saturated rings. The van der Waals surface area contributed by atoms with E-state index >= 15 is 4.39 Å². The number of aldehydes is 1. The first-order valence-corrected chi connectivity index (χ1v) is 9.56. The van der Waals surface area contributed by atoms with Crippen molar-refractivity contribution in [2.24, 2.45) is 15.7 Å². The smallest absolute Gasteiger partial charge is 0.167 e. The van der Waals surface area contributed by atoms with E-state index in [2.05, 4.69) is 20.0 Å². The Hall–Kier alpha value is -3.75. The highest BCUT2D eigenvalue weighted by atomic mass is 19.1. The molecule has 7 nitrogen and oxygen atoms in total. The number of hydrogen-bond acceptors (Lipinski definition) is 5. The molecule has 3 rings (SSSR count). The van der Waals surface area contributed by atoms with Gasteiger partial charge in [0.25, 0.3) is 0 Å². The summed E-state index contributed by atoms with van der Waals surface area (Å²) in [5, 5.41) is 0. The van der Waals surface area contributed by atoms with Crippen LogP contribution in [0.5, 0.6) is 0 Å². The van der Waals surface area contributed by atoms with Gasteiger partial charge in [0.15, 0.2) is 23.7 Å². The van der Waals surface area contributed by atoms with Gasteiger partial charge >= 0.3 is 0 Å². The second kappa shape index (κ2) is 8.95. The van der Waals surface area contributed by atoms with Crippen LogP contribution < -0.4 is 5.73 Å². The average molecular weight is 424 g/mol. The predicted molar refractivity (Wildman–Crippen MR) is 118 cm³/mol. The van der Waals surface area contributed by atoms with Crippen molar-refractivity contribution >= 4 is 41.4 Å². The fraction of sp³-hybridized carbons (Fsp3) is 0.227.